The van der Waals surface area contributed by atoms with Crippen molar-refractivity contribution < 1.29 is 27.5 Å². The average molecular weight is 446 g/mol. The molecule has 0 heterocycles. The highest BCUT2D eigenvalue weighted by molar-refractivity contribution is 5.82. The number of benzene rings is 2. The zero-order chi connectivity index (χ0) is 22.7. The highest BCUT2D eigenvalue weighted by Gasteiger charge is 2.44. The number of hydrogen-bond acceptors (Lipinski definition) is 3. The van der Waals surface area contributed by atoms with Crippen LogP contribution in [0.1, 0.15) is 41.9 Å². The third-order valence-electron chi connectivity index (χ3n) is 5.74. The van der Waals surface area contributed by atoms with Gasteiger partial charge < -0.3 is 15.4 Å². The van der Waals surface area contributed by atoms with Gasteiger partial charge in [-0.2, -0.15) is 13.2 Å². The molecule has 0 saturated heterocycles. The van der Waals surface area contributed by atoms with E-state index in [-0.39, 0.29) is 30.3 Å². The topological polar surface area (TPSA) is 67.4 Å². The quantitative estimate of drug-likeness (QED) is 0.615. The first kappa shape index (κ1) is 22.2. The smallest absolute Gasteiger partial charge is 0.416 e. The molecule has 0 radical (unpaired) electrons. The standard InChI is InChI=1S/C24H25F3N2O3/c25-24(26,27)17-5-3-16(4-6-17)20-13-21(20)23(31)28-12-11-15-1-9-19(10-2-15)32-14-22(30)29-18-7-8-18/h1-6,9-10,18,20-21H,7-8,11-14H2,(H,28,31)(H,29,30). The molecule has 2 aliphatic carbocycles. The van der Waals surface area contributed by atoms with Crippen molar-refractivity contribution >= 4 is 11.8 Å². The number of nitrogens with one attached hydrogen (secondary N) is 2. The number of hydrogen-bond donors (Lipinski definition) is 2. The van der Waals surface area contributed by atoms with Gasteiger partial charge in [-0.25, -0.2) is 0 Å². The molecular weight excluding hydrogens is 421 g/mol. The third kappa shape index (κ3) is 6.02. The predicted molar refractivity (Wildman–Crippen MR) is 112 cm³/mol. The summed E-state index contributed by atoms with van der Waals surface area (Å²) in [5.74, 6) is 0.210. The predicted octanol–water partition coefficient (Wildman–Crippen LogP) is 3.83. The van der Waals surface area contributed by atoms with Gasteiger partial charge in [0.15, 0.2) is 6.61 Å². The molecule has 2 aliphatic rings. The van der Waals surface area contributed by atoms with E-state index in [0.717, 1.165) is 36.1 Å². The maximum absolute atomic E-state index is 12.7. The molecule has 2 unspecified atom stereocenters. The summed E-state index contributed by atoms with van der Waals surface area (Å²) in [4.78, 5) is 24.0. The van der Waals surface area contributed by atoms with Crippen LogP contribution >= 0.6 is 0 Å². The summed E-state index contributed by atoms with van der Waals surface area (Å²) in [6, 6.07) is 12.7. The number of carbonyl (C=O) groups excluding carboxylic acids is 2. The van der Waals surface area contributed by atoms with Gasteiger partial charge in [0, 0.05) is 18.5 Å². The van der Waals surface area contributed by atoms with E-state index in [1.165, 1.54) is 12.1 Å². The molecular formula is C24H25F3N2O3. The van der Waals surface area contributed by atoms with Gasteiger partial charge in [0.1, 0.15) is 5.75 Å². The maximum atomic E-state index is 12.7. The van der Waals surface area contributed by atoms with E-state index in [9.17, 15) is 22.8 Å². The summed E-state index contributed by atoms with van der Waals surface area (Å²) >= 11 is 0. The number of carbonyl (C=O) groups is 2. The van der Waals surface area contributed by atoms with Crippen molar-refractivity contribution in [2.24, 2.45) is 5.92 Å². The highest BCUT2D eigenvalue weighted by Crippen LogP contribution is 2.47. The maximum Gasteiger partial charge on any atom is 0.416 e. The van der Waals surface area contributed by atoms with Crippen molar-refractivity contribution in [1.82, 2.24) is 10.6 Å². The molecule has 0 aliphatic heterocycles. The van der Waals surface area contributed by atoms with Crippen LogP contribution < -0.4 is 15.4 Å². The molecule has 2 N–H and O–H groups in total. The van der Waals surface area contributed by atoms with E-state index >= 15 is 0 Å². The Labute approximate surface area is 184 Å². The largest absolute Gasteiger partial charge is 0.484 e. The van der Waals surface area contributed by atoms with Gasteiger partial charge in [-0.1, -0.05) is 24.3 Å². The van der Waals surface area contributed by atoms with Crippen LogP contribution in [0.25, 0.3) is 0 Å². The second-order valence-electron chi connectivity index (χ2n) is 8.38. The Bertz CT molecular complexity index is 954. The van der Waals surface area contributed by atoms with E-state index in [2.05, 4.69) is 10.6 Å². The lowest BCUT2D eigenvalue weighted by atomic mass is 10.1. The van der Waals surface area contributed by atoms with E-state index in [0.29, 0.717) is 31.2 Å². The molecule has 4 rings (SSSR count). The minimum atomic E-state index is -4.35. The molecule has 170 valence electrons. The van der Waals surface area contributed by atoms with Gasteiger partial charge in [-0.15, -0.1) is 0 Å². The van der Waals surface area contributed by atoms with Crippen molar-refractivity contribution in [3.63, 3.8) is 0 Å². The van der Waals surface area contributed by atoms with Gasteiger partial charge in [-0.05, 0) is 67.0 Å². The molecule has 2 aromatic carbocycles. The van der Waals surface area contributed by atoms with Crippen molar-refractivity contribution in [2.45, 2.75) is 43.8 Å². The van der Waals surface area contributed by atoms with E-state index in [1.54, 1.807) is 12.1 Å². The second kappa shape index (κ2) is 9.22. The lowest BCUT2D eigenvalue weighted by Gasteiger charge is -2.09. The van der Waals surface area contributed by atoms with Gasteiger partial charge in [0.25, 0.3) is 5.91 Å². The first-order valence-electron chi connectivity index (χ1n) is 10.8. The first-order valence-corrected chi connectivity index (χ1v) is 10.8. The molecule has 2 saturated carbocycles. The van der Waals surface area contributed by atoms with Crippen LogP contribution in [-0.4, -0.2) is 31.0 Å². The SMILES string of the molecule is O=C(COc1ccc(CCNC(=O)C2CC2c2ccc(C(F)(F)F)cc2)cc1)NC1CC1. The fourth-order valence-corrected chi connectivity index (χ4v) is 3.63. The minimum Gasteiger partial charge on any atom is -0.484 e. The molecule has 0 aromatic heterocycles. The minimum absolute atomic E-state index is 0.00656. The summed E-state index contributed by atoms with van der Waals surface area (Å²) in [6.45, 7) is 0.465. The van der Waals surface area contributed by atoms with Crippen LogP contribution in [0.3, 0.4) is 0 Å². The van der Waals surface area contributed by atoms with Gasteiger partial charge in [0.05, 0.1) is 5.56 Å². The fraction of sp³-hybridized carbons (Fsp3) is 0.417. The molecule has 5 nitrogen and oxygen atoms in total. The lowest BCUT2D eigenvalue weighted by Crippen LogP contribution is -2.30. The summed E-state index contributed by atoms with van der Waals surface area (Å²) in [5.41, 5.74) is 1.11. The summed E-state index contributed by atoms with van der Waals surface area (Å²) in [5, 5.41) is 5.76. The van der Waals surface area contributed by atoms with Crippen LogP contribution in [-0.2, 0) is 22.2 Å². The van der Waals surface area contributed by atoms with Crippen molar-refractivity contribution in [1.29, 1.82) is 0 Å². The molecule has 8 heteroatoms. The number of halogens is 3. The summed E-state index contributed by atoms with van der Waals surface area (Å²) in [7, 11) is 0. The fourth-order valence-electron chi connectivity index (χ4n) is 3.63. The zero-order valence-corrected chi connectivity index (χ0v) is 17.5. The molecule has 2 amide bonds. The summed E-state index contributed by atoms with van der Waals surface area (Å²) < 4.78 is 43.5. The van der Waals surface area contributed by atoms with Gasteiger partial charge in [-0.3, -0.25) is 9.59 Å². The van der Waals surface area contributed by atoms with Crippen molar-refractivity contribution in [2.75, 3.05) is 13.2 Å². The Morgan fingerprint density at radius 2 is 1.69 bits per heavy atom. The normalized spacial score (nSPS) is 19.8. The highest BCUT2D eigenvalue weighted by atomic mass is 19.4. The molecule has 32 heavy (non-hydrogen) atoms. The zero-order valence-electron chi connectivity index (χ0n) is 17.5. The van der Waals surface area contributed by atoms with Crippen LogP contribution in [0, 0.1) is 5.92 Å². The molecule has 2 atom stereocenters. The Morgan fingerprint density at radius 3 is 2.31 bits per heavy atom. The van der Waals surface area contributed by atoms with Crippen LogP contribution in [0.2, 0.25) is 0 Å². The van der Waals surface area contributed by atoms with Crippen LogP contribution in [0.5, 0.6) is 5.75 Å². The number of alkyl halides is 3. The Hall–Kier alpha value is -3.03. The number of ether oxygens (including phenoxy) is 1. The van der Waals surface area contributed by atoms with Crippen molar-refractivity contribution in [3.05, 3.63) is 65.2 Å². The van der Waals surface area contributed by atoms with Crippen molar-refractivity contribution in [3.8, 4) is 5.75 Å². The second-order valence-corrected chi connectivity index (χ2v) is 8.38. The van der Waals surface area contributed by atoms with E-state index < -0.39 is 11.7 Å². The molecule has 2 fully saturated rings. The van der Waals surface area contributed by atoms with Crippen LogP contribution in [0.4, 0.5) is 13.2 Å². The van der Waals surface area contributed by atoms with E-state index in [1.807, 2.05) is 12.1 Å². The molecule has 0 bridgehead atoms. The Morgan fingerprint density at radius 1 is 1.00 bits per heavy atom. The lowest BCUT2D eigenvalue weighted by molar-refractivity contribution is -0.137. The number of rotatable bonds is 9. The average Bonchev–Trinajstić information content (AvgIpc) is 3.68. The van der Waals surface area contributed by atoms with Crippen LogP contribution in [0.15, 0.2) is 48.5 Å². The summed E-state index contributed by atoms with van der Waals surface area (Å²) in [6.07, 6.45) is -0.988. The monoisotopic (exact) mass is 446 g/mol. The van der Waals surface area contributed by atoms with E-state index in [4.69, 9.17) is 4.74 Å². The van der Waals surface area contributed by atoms with Gasteiger partial charge in [0.2, 0.25) is 5.91 Å². The third-order valence-corrected chi connectivity index (χ3v) is 5.74. The molecule has 2 aromatic rings. The first-order chi connectivity index (χ1) is 15.3. The Balaban J connectivity index is 1.16. The molecule has 0 spiro atoms. The Kier molecular flexibility index (Phi) is 6.39. The number of amides is 2. The van der Waals surface area contributed by atoms with Gasteiger partial charge >= 0.3 is 6.18 Å².